The van der Waals surface area contributed by atoms with Crippen LogP contribution in [-0.4, -0.2) is 48.4 Å². The van der Waals surface area contributed by atoms with E-state index >= 15 is 0 Å². The van der Waals surface area contributed by atoms with Crippen molar-refractivity contribution in [3.8, 4) is 0 Å². The summed E-state index contributed by atoms with van der Waals surface area (Å²) in [6, 6.07) is 4.66. The van der Waals surface area contributed by atoms with Gasteiger partial charge in [0.05, 0.1) is 16.5 Å². The quantitative estimate of drug-likeness (QED) is 0.917. The molecule has 0 radical (unpaired) electrons. The fraction of sp³-hybridized carbons (Fsp3) is 0.357. The number of hydrogen-bond acceptors (Lipinski definition) is 3. The van der Waals surface area contributed by atoms with Crippen LogP contribution in [0, 0.1) is 5.92 Å². The largest absolute Gasteiger partial charge is 0.481 e. The molecule has 0 saturated carbocycles. The highest BCUT2D eigenvalue weighted by atomic mass is 35.5. The Labute approximate surface area is 126 Å². The number of hydrogen-bond donors (Lipinski definition) is 1. The molecule has 2 amide bonds. The second-order valence-electron chi connectivity index (χ2n) is 5.11. The molecule has 1 aromatic carbocycles. The lowest BCUT2D eigenvalue weighted by Crippen LogP contribution is -2.26. The van der Waals surface area contributed by atoms with E-state index in [4.69, 9.17) is 16.7 Å². The van der Waals surface area contributed by atoms with Crippen molar-refractivity contribution >= 4 is 35.1 Å². The van der Waals surface area contributed by atoms with E-state index in [1.165, 1.54) is 15.9 Å². The van der Waals surface area contributed by atoms with Crippen molar-refractivity contribution in [1.82, 2.24) is 4.90 Å². The van der Waals surface area contributed by atoms with Gasteiger partial charge in [-0.1, -0.05) is 11.6 Å². The van der Waals surface area contributed by atoms with Crippen LogP contribution in [0.15, 0.2) is 18.2 Å². The molecule has 0 spiro atoms. The zero-order valence-electron chi connectivity index (χ0n) is 11.7. The summed E-state index contributed by atoms with van der Waals surface area (Å²) in [6.07, 6.45) is -0.0225. The number of amides is 2. The first-order valence-electron chi connectivity index (χ1n) is 6.35. The third kappa shape index (κ3) is 3.00. The van der Waals surface area contributed by atoms with Crippen molar-refractivity contribution < 1.29 is 19.5 Å². The maximum absolute atomic E-state index is 11.9. The Bertz CT molecular complexity index is 615. The summed E-state index contributed by atoms with van der Waals surface area (Å²) in [5.74, 6) is -2.19. The Hall–Kier alpha value is -2.08. The Morgan fingerprint density at radius 3 is 2.52 bits per heavy atom. The number of halogens is 1. The molecule has 1 aromatic rings. The number of aliphatic carboxylic acids is 1. The molecule has 21 heavy (non-hydrogen) atoms. The topological polar surface area (TPSA) is 77.9 Å². The Kier molecular flexibility index (Phi) is 4.18. The zero-order chi connectivity index (χ0) is 15.7. The number of nitrogens with zero attached hydrogens (tertiary/aromatic N) is 2. The van der Waals surface area contributed by atoms with E-state index in [1.54, 1.807) is 26.2 Å². The average Bonchev–Trinajstić information content (AvgIpc) is 2.80. The van der Waals surface area contributed by atoms with E-state index < -0.39 is 11.9 Å². The van der Waals surface area contributed by atoms with Gasteiger partial charge < -0.3 is 14.9 Å². The van der Waals surface area contributed by atoms with Crippen LogP contribution in [0.25, 0.3) is 0 Å². The van der Waals surface area contributed by atoms with Crippen molar-refractivity contribution in [3.63, 3.8) is 0 Å². The van der Waals surface area contributed by atoms with Crippen LogP contribution in [0.3, 0.4) is 0 Å². The molecule has 1 N–H and O–H groups in total. The molecule has 0 bridgehead atoms. The first-order chi connectivity index (χ1) is 9.81. The van der Waals surface area contributed by atoms with Gasteiger partial charge in [0.15, 0.2) is 0 Å². The molecule has 1 aliphatic rings. The number of benzene rings is 1. The van der Waals surface area contributed by atoms with Crippen molar-refractivity contribution in [2.45, 2.75) is 6.42 Å². The molecule has 1 fully saturated rings. The number of carboxylic acid groups (broad SMARTS) is 1. The summed E-state index contributed by atoms with van der Waals surface area (Å²) >= 11 is 6.09. The van der Waals surface area contributed by atoms with Crippen LogP contribution in [0.1, 0.15) is 16.8 Å². The second-order valence-corrected chi connectivity index (χ2v) is 5.51. The average molecular weight is 311 g/mol. The first-order valence-corrected chi connectivity index (χ1v) is 6.73. The zero-order valence-corrected chi connectivity index (χ0v) is 12.4. The summed E-state index contributed by atoms with van der Waals surface area (Å²) < 4.78 is 0. The van der Waals surface area contributed by atoms with Crippen LogP contribution in [-0.2, 0) is 9.59 Å². The van der Waals surface area contributed by atoms with Crippen molar-refractivity contribution in [3.05, 3.63) is 28.8 Å². The van der Waals surface area contributed by atoms with Gasteiger partial charge in [-0.3, -0.25) is 14.4 Å². The van der Waals surface area contributed by atoms with E-state index in [0.717, 1.165) is 0 Å². The molecule has 1 heterocycles. The van der Waals surface area contributed by atoms with Crippen LogP contribution in [0.4, 0.5) is 5.69 Å². The molecule has 1 unspecified atom stereocenters. The molecule has 7 heteroatoms. The molecule has 0 aromatic heterocycles. The molecular formula is C14H15ClN2O4. The van der Waals surface area contributed by atoms with Gasteiger partial charge in [0.25, 0.3) is 5.91 Å². The van der Waals surface area contributed by atoms with Crippen LogP contribution in [0.2, 0.25) is 5.02 Å². The van der Waals surface area contributed by atoms with Crippen molar-refractivity contribution in [2.75, 3.05) is 25.5 Å². The fourth-order valence-corrected chi connectivity index (χ4v) is 2.46. The van der Waals surface area contributed by atoms with E-state index in [-0.39, 0.29) is 29.8 Å². The standard InChI is InChI=1S/C14H15ClN2O4/c1-16(2)13(19)10-4-3-9(6-11(10)15)17-7-8(14(20)21)5-12(17)18/h3-4,6,8H,5,7H2,1-2H3,(H,20,21). The third-order valence-corrected chi connectivity index (χ3v) is 3.69. The minimum Gasteiger partial charge on any atom is -0.481 e. The molecule has 2 rings (SSSR count). The smallest absolute Gasteiger partial charge is 0.308 e. The second kappa shape index (κ2) is 5.73. The van der Waals surface area contributed by atoms with E-state index in [0.29, 0.717) is 11.3 Å². The Morgan fingerprint density at radius 2 is 2.05 bits per heavy atom. The molecule has 1 saturated heterocycles. The Morgan fingerprint density at radius 1 is 1.38 bits per heavy atom. The first kappa shape index (κ1) is 15.3. The maximum Gasteiger partial charge on any atom is 0.308 e. The van der Waals surface area contributed by atoms with E-state index in [9.17, 15) is 14.4 Å². The molecule has 0 aliphatic carbocycles. The van der Waals surface area contributed by atoms with Crippen molar-refractivity contribution in [1.29, 1.82) is 0 Å². The van der Waals surface area contributed by atoms with E-state index in [1.807, 2.05) is 0 Å². The van der Waals surface area contributed by atoms with Gasteiger partial charge in [-0.25, -0.2) is 0 Å². The summed E-state index contributed by atoms with van der Waals surface area (Å²) in [5.41, 5.74) is 0.843. The van der Waals surface area contributed by atoms with Gasteiger partial charge in [0, 0.05) is 32.7 Å². The number of carbonyl (C=O) groups excluding carboxylic acids is 2. The highest BCUT2D eigenvalue weighted by Gasteiger charge is 2.35. The monoisotopic (exact) mass is 310 g/mol. The highest BCUT2D eigenvalue weighted by molar-refractivity contribution is 6.34. The lowest BCUT2D eigenvalue weighted by Gasteiger charge is -2.18. The normalized spacial score (nSPS) is 18.0. The van der Waals surface area contributed by atoms with Crippen LogP contribution < -0.4 is 4.90 Å². The molecule has 1 aliphatic heterocycles. The van der Waals surface area contributed by atoms with Crippen LogP contribution >= 0.6 is 11.6 Å². The number of carboxylic acids is 1. The number of anilines is 1. The van der Waals surface area contributed by atoms with Gasteiger partial charge in [0.1, 0.15) is 0 Å². The van der Waals surface area contributed by atoms with Gasteiger partial charge >= 0.3 is 5.97 Å². The van der Waals surface area contributed by atoms with Crippen LogP contribution in [0.5, 0.6) is 0 Å². The molecular weight excluding hydrogens is 296 g/mol. The van der Waals surface area contributed by atoms with Gasteiger partial charge in [-0.2, -0.15) is 0 Å². The predicted octanol–water partition coefficient (Wildman–Crippen LogP) is 1.48. The minimum absolute atomic E-state index is 0.0225. The Balaban J connectivity index is 2.27. The van der Waals surface area contributed by atoms with Gasteiger partial charge in [0.2, 0.25) is 5.91 Å². The maximum atomic E-state index is 11.9. The third-order valence-electron chi connectivity index (χ3n) is 3.38. The number of carbonyl (C=O) groups is 3. The highest BCUT2D eigenvalue weighted by Crippen LogP contribution is 2.29. The molecule has 1 atom stereocenters. The summed E-state index contributed by atoms with van der Waals surface area (Å²) in [7, 11) is 3.24. The number of rotatable bonds is 3. The lowest BCUT2D eigenvalue weighted by molar-refractivity contribution is -0.141. The van der Waals surface area contributed by atoms with E-state index in [2.05, 4.69) is 0 Å². The molecule has 6 nitrogen and oxygen atoms in total. The minimum atomic E-state index is -0.989. The van der Waals surface area contributed by atoms with Crippen molar-refractivity contribution in [2.24, 2.45) is 5.92 Å². The lowest BCUT2D eigenvalue weighted by atomic mass is 10.1. The molecule has 112 valence electrons. The fourth-order valence-electron chi connectivity index (χ4n) is 2.21. The summed E-state index contributed by atoms with van der Waals surface area (Å²) in [5, 5.41) is 9.21. The predicted molar refractivity (Wildman–Crippen MR) is 77.6 cm³/mol. The summed E-state index contributed by atoms with van der Waals surface area (Å²) in [6.45, 7) is 0.117. The van der Waals surface area contributed by atoms with Gasteiger partial charge in [-0.15, -0.1) is 0 Å². The SMILES string of the molecule is CN(C)C(=O)c1ccc(N2CC(C(=O)O)CC2=O)cc1Cl. The van der Waals surface area contributed by atoms with Gasteiger partial charge in [-0.05, 0) is 18.2 Å². The summed E-state index contributed by atoms with van der Waals surface area (Å²) in [4.78, 5) is 37.5.